The fourth-order valence-electron chi connectivity index (χ4n) is 3.02. The van der Waals surface area contributed by atoms with Gasteiger partial charge < -0.3 is 9.84 Å². The van der Waals surface area contributed by atoms with Crippen molar-refractivity contribution in [3.8, 4) is 0 Å². The van der Waals surface area contributed by atoms with E-state index in [1.54, 1.807) is 0 Å². The van der Waals surface area contributed by atoms with Gasteiger partial charge in [0.2, 0.25) is 0 Å². The van der Waals surface area contributed by atoms with E-state index in [1.807, 2.05) is 30.3 Å². The summed E-state index contributed by atoms with van der Waals surface area (Å²) >= 11 is 0. The first-order valence-corrected chi connectivity index (χ1v) is 10.1. The number of esters is 1. The molecular formula is C22H36O3. The Hall–Kier alpha value is -1.35. The smallest absolute Gasteiger partial charge is 0.306 e. The minimum Gasteiger partial charge on any atom is -0.462 e. The van der Waals surface area contributed by atoms with Crippen LogP contribution in [0.2, 0.25) is 0 Å². The molecule has 1 aromatic carbocycles. The molecule has 0 fully saturated rings. The molecule has 0 saturated carbocycles. The molecule has 0 aliphatic rings. The molecule has 0 unspecified atom stereocenters. The lowest BCUT2D eigenvalue weighted by atomic mass is 9.99. The molecule has 0 spiro atoms. The van der Waals surface area contributed by atoms with Crippen LogP contribution in [0.5, 0.6) is 0 Å². The highest BCUT2D eigenvalue weighted by molar-refractivity contribution is 5.69. The number of carbonyl (C=O) groups is 1. The highest BCUT2D eigenvalue weighted by Gasteiger charge is 2.19. The quantitative estimate of drug-likeness (QED) is 0.333. The van der Waals surface area contributed by atoms with E-state index in [0.717, 1.165) is 37.7 Å². The molecule has 0 aromatic heterocycles. The normalized spacial score (nSPS) is 13.4. The summed E-state index contributed by atoms with van der Waals surface area (Å²) in [4.78, 5) is 12.1. The molecule has 25 heavy (non-hydrogen) atoms. The van der Waals surface area contributed by atoms with Gasteiger partial charge in [0.05, 0.1) is 6.10 Å². The van der Waals surface area contributed by atoms with E-state index < -0.39 is 6.10 Å². The van der Waals surface area contributed by atoms with Gasteiger partial charge in [-0.05, 0) is 24.8 Å². The van der Waals surface area contributed by atoms with Gasteiger partial charge in [-0.3, -0.25) is 4.79 Å². The highest BCUT2D eigenvalue weighted by Crippen LogP contribution is 2.23. The summed E-state index contributed by atoms with van der Waals surface area (Å²) in [5.74, 6) is -0.114. The van der Waals surface area contributed by atoms with Gasteiger partial charge in [-0.25, -0.2) is 0 Å². The molecule has 1 rings (SSSR count). The third-order valence-electron chi connectivity index (χ3n) is 4.58. The summed E-state index contributed by atoms with van der Waals surface area (Å²) < 4.78 is 5.70. The van der Waals surface area contributed by atoms with Crippen molar-refractivity contribution in [1.29, 1.82) is 0 Å². The number of hydrogen-bond donors (Lipinski definition) is 1. The van der Waals surface area contributed by atoms with E-state index in [4.69, 9.17) is 4.74 Å². The molecule has 0 saturated heterocycles. The van der Waals surface area contributed by atoms with Gasteiger partial charge in [-0.1, -0.05) is 82.7 Å². The van der Waals surface area contributed by atoms with Crippen molar-refractivity contribution in [3.63, 3.8) is 0 Å². The molecule has 0 heterocycles. The second kappa shape index (κ2) is 13.9. The van der Waals surface area contributed by atoms with Crippen LogP contribution in [0, 0.1) is 0 Å². The highest BCUT2D eigenvalue weighted by atomic mass is 16.5. The summed E-state index contributed by atoms with van der Waals surface area (Å²) in [7, 11) is 0. The molecule has 2 atom stereocenters. The predicted octanol–water partition coefficient (Wildman–Crippen LogP) is 5.96. The number of aliphatic hydroxyl groups is 1. The van der Waals surface area contributed by atoms with Gasteiger partial charge in [0.1, 0.15) is 6.10 Å². The Balaban J connectivity index is 2.48. The molecule has 0 aliphatic heterocycles. The molecule has 0 radical (unpaired) electrons. The summed E-state index contributed by atoms with van der Waals surface area (Å²) in [5, 5.41) is 10.5. The zero-order valence-corrected chi connectivity index (χ0v) is 16.1. The van der Waals surface area contributed by atoms with Gasteiger partial charge in [-0.15, -0.1) is 0 Å². The molecular weight excluding hydrogens is 312 g/mol. The minimum absolute atomic E-state index is 0.114. The zero-order valence-electron chi connectivity index (χ0n) is 16.1. The topological polar surface area (TPSA) is 46.5 Å². The van der Waals surface area contributed by atoms with Crippen molar-refractivity contribution in [2.24, 2.45) is 0 Å². The molecule has 0 aliphatic carbocycles. The molecule has 1 aromatic rings. The second-order valence-electron chi connectivity index (χ2n) is 6.93. The standard InChI is InChI=1S/C22H36O3/c1-3-5-7-12-16-20(25-22(24)17-13-8-6-4-2)18-21(23)19-14-10-9-11-15-19/h9-11,14-15,20-21,23H,3-8,12-13,16-18H2,1-2H3/t20-,21+/m1/s1. The van der Waals surface area contributed by atoms with E-state index in [2.05, 4.69) is 13.8 Å². The zero-order chi connectivity index (χ0) is 18.3. The van der Waals surface area contributed by atoms with E-state index >= 15 is 0 Å². The largest absolute Gasteiger partial charge is 0.462 e. The molecule has 0 amide bonds. The number of ether oxygens (including phenoxy) is 1. The van der Waals surface area contributed by atoms with E-state index in [-0.39, 0.29) is 12.1 Å². The van der Waals surface area contributed by atoms with Crippen LogP contribution in [0.25, 0.3) is 0 Å². The van der Waals surface area contributed by atoms with Crippen LogP contribution in [0.3, 0.4) is 0 Å². The number of unbranched alkanes of at least 4 members (excludes halogenated alkanes) is 6. The van der Waals surface area contributed by atoms with Crippen molar-refractivity contribution < 1.29 is 14.6 Å². The van der Waals surface area contributed by atoms with Gasteiger partial charge >= 0.3 is 5.97 Å². The Morgan fingerprint density at radius 1 is 0.960 bits per heavy atom. The van der Waals surface area contributed by atoms with Gasteiger partial charge in [0.25, 0.3) is 0 Å². The third-order valence-corrected chi connectivity index (χ3v) is 4.58. The molecule has 142 valence electrons. The van der Waals surface area contributed by atoms with Crippen molar-refractivity contribution in [1.82, 2.24) is 0 Å². The fraction of sp³-hybridized carbons (Fsp3) is 0.682. The number of carbonyl (C=O) groups excluding carboxylic acids is 1. The summed E-state index contributed by atoms with van der Waals surface area (Å²) in [6, 6.07) is 9.63. The predicted molar refractivity (Wildman–Crippen MR) is 103 cm³/mol. The monoisotopic (exact) mass is 348 g/mol. The maximum absolute atomic E-state index is 12.1. The molecule has 0 bridgehead atoms. The van der Waals surface area contributed by atoms with Crippen LogP contribution in [-0.2, 0) is 9.53 Å². The minimum atomic E-state index is -0.578. The van der Waals surface area contributed by atoms with E-state index in [9.17, 15) is 9.90 Å². The Bertz CT molecular complexity index is 444. The fourth-order valence-corrected chi connectivity index (χ4v) is 3.02. The first-order chi connectivity index (χ1) is 12.2. The average molecular weight is 349 g/mol. The van der Waals surface area contributed by atoms with Gasteiger partial charge in [-0.2, -0.15) is 0 Å². The molecule has 3 nitrogen and oxygen atoms in total. The van der Waals surface area contributed by atoms with Crippen molar-refractivity contribution in [2.75, 3.05) is 0 Å². The van der Waals surface area contributed by atoms with Crippen molar-refractivity contribution in [2.45, 2.75) is 96.7 Å². The van der Waals surface area contributed by atoms with Crippen LogP contribution in [-0.4, -0.2) is 17.2 Å². The first kappa shape index (κ1) is 21.7. The van der Waals surface area contributed by atoms with Gasteiger partial charge in [0.15, 0.2) is 0 Å². The van der Waals surface area contributed by atoms with Crippen LogP contribution in [0.4, 0.5) is 0 Å². The van der Waals surface area contributed by atoms with Crippen LogP contribution < -0.4 is 0 Å². The molecule has 1 N–H and O–H groups in total. The number of benzene rings is 1. The Morgan fingerprint density at radius 2 is 1.60 bits per heavy atom. The van der Waals surface area contributed by atoms with Crippen LogP contribution >= 0.6 is 0 Å². The maximum Gasteiger partial charge on any atom is 0.306 e. The first-order valence-electron chi connectivity index (χ1n) is 10.1. The second-order valence-corrected chi connectivity index (χ2v) is 6.93. The van der Waals surface area contributed by atoms with Crippen LogP contribution in [0.15, 0.2) is 30.3 Å². The lowest BCUT2D eigenvalue weighted by Crippen LogP contribution is -2.21. The maximum atomic E-state index is 12.1. The summed E-state index contributed by atoms with van der Waals surface area (Å²) in [6.45, 7) is 4.35. The Labute approximate surface area is 153 Å². The van der Waals surface area contributed by atoms with E-state index in [0.29, 0.717) is 12.8 Å². The number of rotatable bonds is 14. The van der Waals surface area contributed by atoms with Crippen LogP contribution in [0.1, 0.15) is 96.1 Å². The van der Waals surface area contributed by atoms with Gasteiger partial charge in [0, 0.05) is 12.8 Å². The Kier molecular flexibility index (Phi) is 12.0. The van der Waals surface area contributed by atoms with Crippen molar-refractivity contribution in [3.05, 3.63) is 35.9 Å². The third kappa shape index (κ3) is 10.3. The lowest BCUT2D eigenvalue weighted by Gasteiger charge is -2.21. The number of aliphatic hydroxyl groups excluding tert-OH is 1. The Morgan fingerprint density at radius 3 is 2.24 bits per heavy atom. The van der Waals surface area contributed by atoms with E-state index in [1.165, 1.54) is 25.7 Å². The van der Waals surface area contributed by atoms with Crippen molar-refractivity contribution >= 4 is 5.97 Å². The SMILES string of the molecule is CCCCCCC(=O)O[C@H](CCCCCC)C[C@H](O)c1ccccc1. The average Bonchev–Trinajstić information content (AvgIpc) is 2.63. The summed E-state index contributed by atoms with van der Waals surface area (Å²) in [5.41, 5.74) is 0.889. The number of hydrogen-bond acceptors (Lipinski definition) is 3. The molecule has 3 heteroatoms. The summed E-state index contributed by atoms with van der Waals surface area (Å²) in [6.07, 6.45) is 9.96. The lowest BCUT2D eigenvalue weighted by molar-refractivity contribution is -0.151.